The third kappa shape index (κ3) is 1.59. The topological polar surface area (TPSA) is 24.4 Å². The SMILES string of the molecule is CCC1=CNN=CCC1C. The Bertz CT molecular complexity index is 159. The molecule has 0 bridgehead atoms. The molecular formula is C8H14N2. The minimum absolute atomic E-state index is 0.656. The zero-order valence-electron chi connectivity index (χ0n) is 6.59. The van der Waals surface area contributed by atoms with Crippen LogP contribution in [0.15, 0.2) is 16.9 Å². The molecule has 0 aliphatic carbocycles. The average molecular weight is 138 g/mol. The summed E-state index contributed by atoms with van der Waals surface area (Å²) in [6, 6.07) is 0. The van der Waals surface area contributed by atoms with Crippen LogP contribution in [-0.2, 0) is 0 Å². The Balaban J connectivity index is 2.61. The van der Waals surface area contributed by atoms with Gasteiger partial charge in [-0.25, -0.2) is 0 Å². The van der Waals surface area contributed by atoms with Gasteiger partial charge in [-0.1, -0.05) is 13.8 Å². The highest BCUT2D eigenvalue weighted by Crippen LogP contribution is 2.16. The number of nitrogens with zero attached hydrogens (tertiary/aromatic N) is 1. The fourth-order valence-corrected chi connectivity index (χ4v) is 1.13. The summed E-state index contributed by atoms with van der Waals surface area (Å²) in [5.41, 5.74) is 4.34. The van der Waals surface area contributed by atoms with Crippen LogP contribution >= 0.6 is 0 Å². The lowest BCUT2D eigenvalue weighted by atomic mass is 9.97. The van der Waals surface area contributed by atoms with Gasteiger partial charge in [-0.3, -0.25) is 5.43 Å². The first-order valence-electron chi connectivity index (χ1n) is 3.80. The van der Waals surface area contributed by atoms with E-state index in [0.717, 1.165) is 12.8 Å². The van der Waals surface area contributed by atoms with Crippen LogP contribution in [0.1, 0.15) is 26.7 Å². The fourth-order valence-electron chi connectivity index (χ4n) is 1.13. The molecule has 0 amide bonds. The van der Waals surface area contributed by atoms with Gasteiger partial charge in [-0.15, -0.1) is 0 Å². The quantitative estimate of drug-likeness (QED) is 0.588. The standard InChI is InChI=1S/C8H14N2/c1-3-8-6-10-9-5-4-7(8)2/h5-7,10H,3-4H2,1-2H3. The molecule has 1 N–H and O–H groups in total. The predicted molar refractivity (Wildman–Crippen MR) is 43.8 cm³/mol. The van der Waals surface area contributed by atoms with E-state index in [-0.39, 0.29) is 0 Å². The Kier molecular flexibility index (Phi) is 2.49. The van der Waals surface area contributed by atoms with Gasteiger partial charge >= 0.3 is 0 Å². The van der Waals surface area contributed by atoms with Crippen LogP contribution < -0.4 is 5.43 Å². The monoisotopic (exact) mass is 138 g/mol. The number of rotatable bonds is 1. The van der Waals surface area contributed by atoms with Crippen molar-refractivity contribution in [3.63, 3.8) is 0 Å². The van der Waals surface area contributed by atoms with Crippen molar-refractivity contribution in [1.82, 2.24) is 5.43 Å². The summed E-state index contributed by atoms with van der Waals surface area (Å²) in [5, 5.41) is 3.97. The van der Waals surface area contributed by atoms with Gasteiger partial charge in [0, 0.05) is 12.4 Å². The van der Waals surface area contributed by atoms with E-state index < -0.39 is 0 Å². The summed E-state index contributed by atoms with van der Waals surface area (Å²) in [6.45, 7) is 4.41. The highest BCUT2D eigenvalue weighted by Gasteiger charge is 2.06. The number of nitrogens with one attached hydrogen (secondary N) is 1. The molecule has 1 atom stereocenters. The van der Waals surface area contributed by atoms with E-state index in [1.54, 1.807) is 0 Å². The molecule has 0 saturated carbocycles. The Morgan fingerprint density at radius 1 is 1.80 bits per heavy atom. The highest BCUT2D eigenvalue weighted by molar-refractivity contribution is 5.58. The molecular weight excluding hydrogens is 124 g/mol. The van der Waals surface area contributed by atoms with Gasteiger partial charge < -0.3 is 0 Å². The molecule has 56 valence electrons. The first-order chi connectivity index (χ1) is 4.84. The number of hydrogen-bond donors (Lipinski definition) is 1. The Morgan fingerprint density at radius 3 is 3.30 bits per heavy atom. The average Bonchev–Trinajstić information content (AvgIpc) is 2.13. The van der Waals surface area contributed by atoms with Gasteiger partial charge in [-0.2, -0.15) is 5.10 Å². The summed E-state index contributed by atoms with van der Waals surface area (Å²) >= 11 is 0. The van der Waals surface area contributed by atoms with Crippen LogP contribution in [0, 0.1) is 5.92 Å². The fraction of sp³-hybridized carbons (Fsp3) is 0.625. The van der Waals surface area contributed by atoms with Crippen molar-refractivity contribution in [2.75, 3.05) is 0 Å². The smallest absolute Gasteiger partial charge is 0.0252 e. The Morgan fingerprint density at radius 2 is 2.60 bits per heavy atom. The third-order valence-corrected chi connectivity index (χ3v) is 1.92. The molecule has 0 fully saturated rings. The molecule has 1 aliphatic heterocycles. The van der Waals surface area contributed by atoms with Crippen molar-refractivity contribution in [2.45, 2.75) is 26.7 Å². The van der Waals surface area contributed by atoms with Crippen LogP contribution in [0.2, 0.25) is 0 Å². The molecule has 0 saturated heterocycles. The normalized spacial score (nSPS) is 25.0. The summed E-state index contributed by atoms with van der Waals surface area (Å²) in [7, 11) is 0. The van der Waals surface area contributed by atoms with Crippen molar-refractivity contribution >= 4 is 6.21 Å². The minimum atomic E-state index is 0.656. The second kappa shape index (κ2) is 3.40. The number of hydrogen-bond acceptors (Lipinski definition) is 2. The van der Waals surface area contributed by atoms with Crippen LogP contribution in [0.3, 0.4) is 0 Å². The van der Waals surface area contributed by atoms with Gasteiger partial charge in [0.05, 0.1) is 0 Å². The van der Waals surface area contributed by atoms with E-state index in [9.17, 15) is 0 Å². The van der Waals surface area contributed by atoms with Crippen molar-refractivity contribution < 1.29 is 0 Å². The summed E-state index contributed by atoms with van der Waals surface area (Å²) in [5.74, 6) is 0.656. The largest absolute Gasteiger partial charge is 0.286 e. The van der Waals surface area contributed by atoms with Gasteiger partial charge in [-0.05, 0) is 24.3 Å². The second-order valence-corrected chi connectivity index (χ2v) is 2.65. The van der Waals surface area contributed by atoms with E-state index >= 15 is 0 Å². The Labute approximate surface area is 62.0 Å². The third-order valence-electron chi connectivity index (χ3n) is 1.92. The lowest BCUT2D eigenvalue weighted by molar-refractivity contribution is 0.692. The van der Waals surface area contributed by atoms with Gasteiger partial charge in [0.25, 0.3) is 0 Å². The molecule has 2 nitrogen and oxygen atoms in total. The lowest BCUT2D eigenvalue weighted by Crippen LogP contribution is -1.99. The molecule has 0 aromatic rings. The maximum absolute atomic E-state index is 3.97. The second-order valence-electron chi connectivity index (χ2n) is 2.65. The van der Waals surface area contributed by atoms with E-state index in [0.29, 0.717) is 5.92 Å². The van der Waals surface area contributed by atoms with Crippen LogP contribution in [-0.4, -0.2) is 6.21 Å². The predicted octanol–water partition coefficient (Wildman–Crippen LogP) is 1.90. The van der Waals surface area contributed by atoms with Crippen molar-refractivity contribution in [2.24, 2.45) is 11.0 Å². The maximum atomic E-state index is 3.97. The van der Waals surface area contributed by atoms with Crippen LogP contribution in [0.5, 0.6) is 0 Å². The highest BCUT2D eigenvalue weighted by atomic mass is 15.3. The molecule has 1 aliphatic rings. The number of hydrazone groups is 1. The molecule has 10 heavy (non-hydrogen) atoms. The molecule has 1 rings (SSSR count). The lowest BCUT2D eigenvalue weighted by Gasteiger charge is -2.08. The summed E-state index contributed by atoms with van der Waals surface area (Å²) in [6.07, 6.45) is 6.13. The first kappa shape index (κ1) is 7.32. The summed E-state index contributed by atoms with van der Waals surface area (Å²) in [4.78, 5) is 0. The summed E-state index contributed by atoms with van der Waals surface area (Å²) < 4.78 is 0. The van der Waals surface area contributed by atoms with Crippen molar-refractivity contribution in [3.05, 3.63) is 11.8 Å². The Hall–Kier alpha value is -0.790. The maximum Gasteiger partial charge on any atom is 0.0252 e. The minimum Gasteiger partial charge on any atom is -0.286 e. The first-order valence-corrected chi connectivity index (χ1v) is 3.80. The van der Waals surface area contributed by atoms with Crippen LogP contribution in [0.25, 0.3) is 0 Å². The number of allylic oxidation sites excluding steroid dienone is 1. The van der Waals surface area contributed by atoms with Gasteiger partial charge in [0.15, 0.2) is 0 Å². The molecule has 0 radical (unpaired) electrons. The zero-order valence-corrected chi connectivity index (χ0v) is 6.59. The van der Waals surface area contributed by atoms with Crippen molar-refractivity contribution in [3.8, 4) is 0 Å². The molecule has 1 heterocycles. The van der Waals surface area contributed by atoms with E-state index in [1.165, 1.54) is 5.57 Å². The molecule has 2 heteroatoms. The molecule has 1 unspecified atom stereocenters. The molecule has 0 aromatic heterocycles. The van der Waals surface area contributed by atoms with Gasteiger partial charge in [0.2, 0.25) is 0 Å². The van der Waals surface area contributed by atoms with E-state index in [1.807, 2.05) is 12.4 Å². The van der Waals surface area contributed by atoms with Crippen LogP contribution in [0.4, 0.5) is 0 Å². The molecule has 0 aromatic carbocycles. The zero-order chi connectivity index (χ0) is 7.40. The van der Waals surface area contributed by atoms with E-state index in [2.05, 4.69) is 24.4 Å². The van der Waals surface area contributed by atoms with Gasteiger partial charge in [0.1, 0.15) is 0 Å². The van der Waals surface area contributed by atoms with E-state index in [4.69, 9.17) is 0 Å². The molecule has 0 spiro atoms. The van der Waals surface area contributed by atoms with Crippen molar-refractivity contribution in [1.29, 1.82) is 0 Å².